The van der Waals surface area contributed by atoms with Gasteiger partial charge in [-0.05, 0) is 206 Å². The number of urea groups is 4. The predicted molar refractivity (Wildman–Crippen MR) is 494 cm³/mol. The van der Waals surface area contributed by atoms with Crippen molar-refractivity contribution in [1.29, 1.82) is 0 Å². The summed E-state index contributed by atoms with van der Waals surface area (Å²) in [4.78, 5) is 59.2. The summed E-state index contributed by atoms with van der Waals surface area (Å²) >= 11 is 6.27. The van der Waals surface area contributed by atoms with Gasteiger partial charge in [0.15, 0.2) is 20.1 Å². The normalized spacial score (nSPS) is 15.2. The van der Waals surface area contributed by atoms with Crippen LogP contribution in [0.3, 0.4) is 0 Å². The van der Waals surface area contributed by atoms with Crippen LogP contribution in [-0.2, 0) is 165 Å². The summed E-state index contributed by atoms with van der Waals surface area (Å²) < 4.78 is 152. The first-order valence-corrected chi connectivity index (χ1v) is 50.2. The molecule has 4 aromatic heterocycles. The Morgan fingerprint density at radius 2 is 0.669 bits per heavy atom. The van der Waals surface area contributed by atoms with Crippen molar-refractivity contribution in [2.75, 3.05) is 128 Å². The smallest absolute Gasteiger partial charge is 0.333 e. The topological polar surface area (TPSA) is 422 Å². The molecule has 0 radical (unpaired) electrons. The molecule has 0 bridgehead atoms. The maximum Gasteiger partial charge on any atom is 0.333 e. The first-order chi connectivity index (χ1) is 61.5. The summed E-state index contributed by atoms with van der Waals surface area (Å²) in [7, 11) is -2.79. The van der Waals surface area contributed by atoms with E-state index < -0.39 is 70.0 Å². The van der Waals surface area contributed by atoms with Gasteiger partial charge in [-0.15, -0.1) is 0 Å². The van der Waals surface area contributed by atoms with E-state index in [2.05, 4.69) is 77.8 Å². The van der Waals surface area contributed by atoms with Crippen molar-refractivity contribution >= 4 is 98.6 Å². The molecule has 2 saturated heterocycles. The van der Waals surface area contributed by atoms with E-state index in [0.29, 0.717) is 112 Å². The Kier molecular flexibility index (Phi) is 34.5. The minimum Gasteiger partial charge on any atom is -0.383 e. The number of benzene rings is 4. The lowest BCUT2D eigenvalue weighted by Crippen LogP contribution is -2.36. The third-order valence-corrected chi connectivity index (χ3v) is 28.8. The third-order valence-electron chi connectivity index (χ3n) is 23.7. The van der Waals surface area contributed by atoms with Gasteiger partial charge in [-0.1, -0.05) is 79.1 Å². The molecule has 4 aromatic carbocycles. The van der Waals surface area contributed by atoms with E-state index in [1.807, 2.05) is 84.0 Å². The number of sulfonamides is 4. The molecule has 712 valence electrons. The Morgan fingerprint density at radius 1 is 0.408 bits per heavy atom. The molecule has 0 saturated carbocycles. The molecule has 6 heterocycles. The molecule has 42 heteroatoms. The molecular weight excluding hydrogens is 1780 g/mol. The number of carbonyl (C=O) groups is 4. The van der Waals surface area contributed by atoms with Gasteiger partial charge in [0.2, 0.25) is 0 Å². The Hall–Kier alpha value is -9.50. The van der Waals surface area contributed by atoms with Crippen LogP contribution >= 0.6 is 11.6 Å². The van der Waals surface area contributed by atoms with E-state index in [4.69, 9.17) is 30.5 Å². The van der Waals surface area contributed by atoms with Gasteiger partial charge in [-0.3, -0.25) is 38.3 Å². The molecule has 8 N–H and O–H groups in total. The van der Waals surface area contributed by atoms with Gasteiger partial charge in [-0.25, -0.2) is 42.5 Å². The average Bonchev–Trinajstić information content (AvgIpc) is 1.62. The van der Waals surface area contributed by atoms with E-state index in [1.165, 1.54) is 72.7 Å². The summed E-state index contributed by atoms with van der Waals surface area (Å²) in [5.41, 5.74) is 18.1. The Bertz CT molecular complexity index is 5760. The van der Waals surface area contributed by atoms with Gasteiger partial charge in [0.05, 0.1) is 62.4 Å². The van der Waals surface area contributed by atoms with Crippen molar-refractivity contribution in [1.82, 2.24) is 77.6 Å². The minimum atomic E-state index is -4.22. The molecular formula is C88H126ClFN20O16S4. The van der Waals surface area contributed by atoms with E-state index in [9.17, 15) is 57.2 Å². The fourth-order valence-corrected chi connectivity index (χ4v) is 20.7. The average molecular weight is 1900 g/mol. The van der Waals surface area contributed by atoms with E-state index in [-0.39, 0.29) is 43.8 Å². The van der Waals surface area contributed by atoms with E-state index in [0.717, 1.165) is 165 Å². The lowest BCUT2D eigenvalue weighted by Gasteiger charge is -2.26. The second kappa shape index (κ2) is 44.4. The van der Waals surface area contributed by atoms with Crippen LogP contribution in [0.25, 0.3) is 0 Å². The van der Waals surface area contributed by atoms with Crippen molar-refractivity contribution in [3.8, 4) is 0 Å². The number of methoxy groups -OCH3 is 2. The van der Waals surface area contributed by atoms with Crippen LogP contribution in [0.15, 0.2) is 80.8 Å². The van der Waals surface area contributed by atoms with Crippen LogP contribution in [0.5, 0.6) is 0 Å². The highest BCUT2D eigenvalue weighted by Gasteiger charge is 2.34. The maximum atomic E-state index is 14.1. The Labute approximate surface area is 767 Å². The molecule has 0 spiro atoms. The predicted octanol–water partition coefficient (Wildman–Crippen LogP) is 10.8. The number of fused-ring (bicyclic) bond motifs is 4. The Balaban J connectivity index is 0.000000168. The first kappa shape index (κ1) is 101. The van der Waals surface area contributed by atoms with Crippen LogP contribution in [-0.4, -0.2) is 224 Å². The highest BCUT2D eigenvalue weighted by Crippen LogP contribution is 2.42. The molecule has 2 aliphatic heterocycles. The fourth-order valence-electron chi connectivity index (χ4n) is 16.8. The lowest BCUT2D eigenvalue weighted by molar-refractivity contribution is 0.0331. The quantitative estimate of drug-likeness (QED) is 0.0207. The maximum absolute atomic E-state index is 14.1. The fraction of sp³-hybridized carbons (Fsp3) is 0.545. The molecule has 130 heavy (non-hydrogen) atoms. The second-order valence-corrected chi connectivity index (χ2v) is 41.8. The number of carbonyl (C=O) groups excluding carboxylic acids is 4. The SMILES string of the molecule is CC(C)c1cc(Cl)cc(C(C)C)c1NC(=O)NS(=O)(=O)c1cc(CN2CCOCC2)n(C)n1.COCCN(C)Cc1cc(S(=O)(=O)NC(=O)Nc2c(C(C)C)cc(F)cc2C(C)C)nn1C.COCCN(C)Cc1cc(S(=O)(=O)NC(=O)Nc2c3c(cc4c2CCC4)CCC3)nn1C.Cn1nc(S(=O)(=O)NC(=O)Nc2c3c(cc4c2CCC4)CCC3)cc1CN1CCOCC1. The number of anilines is 4. The summed E-state index contributed by atoms with van der Waals surface area (Å²) in [6.45, 7) is 25.8. The zero-order valence-corrected chi connectivity index (χ0v) is 81.2. The molecule has 14 rings (SSSR count). The molecule has 36 nitrogen and oxygen atoms in total. The third kappa shape index (κ3) is 26.1. The van der Waals surface area contributed by atoms with Gasteiger partial charge < -0.3 is 40.2 Å². The zero-order valence-electron chi connectivity index (χ0n) is 77.2. The van der Waals surface area contributed by atoms with Crippen molar-refractivity contribution in [3.05, 3.63) is 161 Å². The number of aryl methyl sites for hydroxylation is 8. The number of nitrogens with zero attached hydrogens (tertiary/aromatic N) is 12. The monoisotopic (exact) mass is 1900 g/mol. The number of halogens is 2. The Morgan fingerprint density at radius 3 is 0.946 bits per heavy atom. The molecule has 0 atom stereocenters. The molecule has 2 fully saturated rings. The van der Waals surface area contributed by atoms with Crippen molar-refractivity contribution in [2.45, 2.75) is 202 Å². The lowest BCUT2D eigenvalue weighted by atomic mass is 9.92. The standard InChI is InChI=1S/C22H32ClN5O4S.C22H34FN5O4S.C22H29N5O4S.C22H31N5O4S/c1-14(2)18-10-16(23)11-19(15(3)4)21(18)24-22(29)26-33(30,31)20-12-17(27(5)25-20)13-28-6-8-32-9-7-28;1-14(2)18-10-16(23)11-19(15(3)4)21(18)24-22(29)26-33(30,31)20-12-17(28(6)25-20)13-27(5)8-9-32-7;1-26-17(14-27-8-10-31-11-9-27)13-20(24-26)32(29,30)25-22(28)23-21-18-6-2-4-15(18)12-16-5-3-7-19(16)21;1-26(10-11-31-3)14-17-13-20(24-27(17)2)32(29,30)25-22(28)23-21-18-8-4-6-15(18)12-16-7-5-9-19(16)21/h10-12,14-15H,6-9,13H2,1-5H3,(H2,24,26,29);10-12,14-15H,8-9,13H2,1-7H3,(H2,24,26,29);12-13H,2-11,14H2,1H3,(H2,23,25,28);12-13H,4-11,14H2,1-3H3,(H2,23,25,28). The summed E-state index contributed by atoms with van der Waals surface area (Å²) in [6.07, 6.45) is 11.9. The number of rotatable bonds is 30. The van der Waals surface area contributed by atoms with Crippen LogP contribution in [0.1, 0.15) is 194 Å². The van der Waals surface area contributed by atoms with Crippen molar-refractivity contribution in [3.63, 3.8) is 0 Å². The van der Waals surface area contributed by atoms with Gasteiger partial charge in [-0.2, -0.15) is 54.1 Å². The number of hydrogen-bond acceptors (Lipinski definition) is 24. The second-order valence-electron chi connectivity index (χ2n) is 34.9. The molecule has 8 aromatic rings. The minimum absolute atomic E-state index is 0.0756. The molecule has 8 amide bonds. The largest absolute Gasteiger partial charge is 0.383 e. The zero-order chi connectivity index (χ0) is 94.4. The van der Waals surface area contributed by atoms with Gasteiger partial charge >= 0.3 is 24.1 Å². The van der Waals surface area contributed by atoms with Gasteiger partial charge in [0.1, 0.15) is 5.82 Å². The van der Waals surface area contributed by atoms with Crippen LogP contribution < -0.4 is 40.2 Å². The first-order valence-electron chi connectivity index (χ1n) is 43.9. The number of ether oxygens (including phenoxy) is 4. The molecule has 4 aliphatic carbocycles. The highest BCUT2D eigenvalue weighted by molar-refractivity contribution is 7.90. The van der Waals surface area contributed by atoms with Crippen LogP contribution in [0, 0.1) is 5.82 Å². The number of hydrogen-bond donors (Lipinski definition) is 8. The molecule has 6 aliphatic rings. The van der Waals surface area contributed by atoms with Gasteiger partial charge in [0.25, 0.3) is 40.1 Å². The highest BCUT2D eigenvalue weighted by atomic mass is 35.5. The van der Waals surface area contributed by atoms with Crippen LogP contribution in [0.4, 0.5) is 46.3 Å². The van der Waals surface area contributed by atoms with E-state index in [1.54, 1.807) is 59.2 Å². The van der Waals surface area contributed by atoms with Crippen LogP contribution in [0.2, 0.25) is 5.02 Å². The number of aromatic nitrogens is 8. The number of likely N-dealkylation sites (N-methyl/N-ethyl adjacent to an activating group) is 2. The summed E-state index contributed by atoms with van der Waals surface area (Å²) in [6, 6.07) is 13.5. The van der Waals surface area contributed by atoms with Crippen molar-refractivity contribution < 1.29 is 76.2 Å². The molecule has 0 unspecified atom stereocenters. The number of nitrogens with one attached hydrogen (secondary N) is 8. The number of morpholine rings is 2. The van der Waals surface area contributed by atoms with E-state index >= 15 is 0 Å². The van der Waals surface area contributed by atoms with Gasteiger partial charge in [0, 0.05) is 160 Å². The number of amides is 8. The summed E-state index contributed by atoms with van der Waals surface area (Å²) in [5.74, 6) is -0.423. The van der Waals surface area contributed by atoms with Crippen molar-refractivity contribution in [2.24, 2.45) is 28.2 Å². The summed E-state index contributed by atoms with van der Waals surface area (Å²) in [5, 5.41) is 27.3.